The average Bonchev–Trinajstić information content (AvgIpc) is 3.12. The molecule has 1 aromatic heterocycles. The maximum atomic E-state index is 10.6. The van der Waals surface area contributed by atoms with Gasteiger partial charge < -0.3 is 16.5 Å². The van der Waals surface area contributed by atoms with Crippen LogP contribution in [0.4, 0.5) is 11.6 Å². The quantitative estimate of drug-likeness (QED) is 0.405. The van der Waals surface area contributed by atoms with Gasteiger partial charge in [0.25, 0.3) is 0 Å². The van der Waals surface area contributed by atoms with Crippen LogP contribution in [0.1, 0.15) is 31.0 Å². The summed E-state index contributed by atoms with van der Waals surface area (Å²) in [6.07, 6.45) is 2.51. The van der Waals surface area contributed by atoms with E-state index >= 15 is 0 Å². The van der Waals surface area contributed by atoms with Crippen LogP contribution in [0.2, 0.25) is 0 Å². The van der Waals surface area contributed by atoms with E-state index < -0.39 is 0 Å². The summed E-state index contributed by atoms with van der Waals surface area (Å²) < 4.78 is 0. The number of amides is 1. The topological polar surface area (TPSA) is 119 Å². The van der Waals surface area contributed by atoms with E-state index in [0.717, 1.165) is 18.7 Å². The number of hydrogen-bond acceptors (Lipinski definition) is 6. The van der Waals surface area contributed by atoms with Crippen LogP contribution in [0.5, 0.6) is 0 Å². The Bertz CT molecular complexity index is 417. The molecule has 1 aliphatic rings. The smallest absolute Gasteiger partial charge is 0.219 e. The van der Waals surface area contributed by atoms with E-state index in [9.17, 15) is 4.79 Å². The molecule has 7 nitrogen and oxygen atoms in total. The van der Waals surface area contributed by atoms with Crippen LogP contribution in [0.3, 0.4) is 0 Å². The first-order valence-corrected chi connectivity index (χ1v) is 5.57. The van der Waals surface area contributed by atoms with Gasteiger partial charge in [-0.3, -0.25) is 4.79 Å². The van der Waals surface area contributed by atoms with E-state index in [1.165, 1.54) is 0 Å². The molecule has 1 saturated carbocycles. The van der Waals surface area contributed by atoms with Crippen LogP contribution in [-0.4, -0.2) is 22.4 Å². The monoisotopic (exact) mass is 236 g/mol. The van der Waals surface area contributed by atoms with E-state index in [4.69, 9.17) is 11.6 Å². The second kappa shape index (κ2) is 4.96. The van der Waals surface area contributed by atoms with Gasteiger partial charge in [-0.05, 0) is 12.8 Å². The molecule has 0 spiro atoms. The van der Waals surface area contributed by atoms with Gasteiger partial charge in [-0.25, -0.2) is 15.8 Å². The number of carbonyl (C=O) groups is 1. The number of nitrogens with two attached hydrogens (primary N) is 2. The first kappa shape index (κ1) is 11.6. The first-order chi connectivity index (χ1) is 8.19. The highest BCUT2D eigenvalue weighted by molar-refractivity contribution is 5.74. The fraction of sp³-hybridized carbons (Fsp3) is 0.500. The third-order valence-corrected chi connectivity index (χ3v) is 2.51. The molecule has 92 valence electrons. The van der Waals surface area contributed by atoms with Crippen LogP contribution in [-0.2, 0) is 4.79 Å². The Balaban J connectivity index is 2.04. The number of primary amides is 1. The van der Waals surface area contributed by atoms with E-state index in [1.54, 1.807) is 6.07 Å². The molecule has 7 heteroatoms. The van der Waals surface area contributed by atoms with Gasteiger partial charge >= 0.3 is 0 Å². The number of nitrogen functional groups attached to an aromatic ring is 1. The largest absolute Gasteiger partial charge is 0.370 e. The minimum absolute atomic E-state index is 0.272. The van der Waals surface area contributed by atoms with Crippen LogP contribution >= 0.6 is 0 Å². The lowest BCUT2D eigenvalue weighted by atomic mass is 10.3. The number of nitrogens with one attached hydrogen (secondary N) is 2. The van der Waals surface area contributed by atoms with Crippen molar-refractivity contribution in [1.82, 2.24) is 9.97 Å². The van der Waals surface area contributed by atoms with Crippen LogP contribution in [0.15, 0.2) is 6.07 Å². The SMILES string of the molecule is NNc1cc(NCCC(N)=O)nc(C2CC2)n1. The zero-order chi connectivity index (χ0) is 12.3. The second-order valence-electron chi connectivity index (χ2n) is 4.06. The fourth-order valence-electron chi connectivity index (χ4n) is 1.47. The van der Waals surface area contributed by atoms with Crippen molar-refractivity contribution in [3.63, 3.8) is 0 Å². The molecule has 0 saturated heterocycles. The molecule has 17 heavy (non-hydrogen) atoms. The second-order valence-corrected chi connectivity index (χ2v) is 4.06. The lowest BCUT2D eigenvalue weighted by Gasteiger charge is -2.08. The summed E-state index contributed by atoms with van der Waals surface area (Å²) in [5, 5.41) is 3.03. The predicted molar refractivity (Wildman–Crippen MR) is 64.1 cm³/mol. The molecule has 0 aromatic carbocycles. The highest BCUT2D eigenvalue weighted by Crippen LogP contribution is 2.38. The fourth-order valence-corrected chi connectivity index (χ4v) is 1.47. The molecule has 1 amide bonds. The van der Waals surface area contributed by atoms with Gasteiger partial charge in [0.05, 0.1) is 0 Å². The molecule has 1 aliphatic carbocycles. The van der Waals surface area contributed by atoms with Crippen molar-refractivity contribution in [3.8, 4) is 0 Å². The number of nitrogens with zero attached hydrogens (tertiary/aromatic N) is 2. The van der Waals surface area contributed by atoms with Gasteiger partial charge in [0.2, 0.25) is 5.91 Å². The molecule has 0 atom stereocenters. The minimum atomic E-state index is -0.342. The number of rotatable bonds is 6. The summed E-state index contributed by atoms with van der Waals surface area (Å²) in [6.45, 7) is 0.459. The van der Waals surface area contributed by atoms with Crippen molar-refractivity contribution < 1.29 is 4.79 Å². The normalized spacial score (nSPS) is 14.4. The number of hydrogen-bond donors (Lipinski definition) is 4. The van der Waals surface area contributed by atoms with Gasteiger partial charge in [-0.2, -0.15) is 0 Å². The summed E-state index contributed by atoms with van der Waals surface area (Å²) in [7, 11) is 0. The lowest BCUT2D eigenvalue weighted by Crippen LogP contribution is -2.17. The van der Waals surface area contributed by atoms with Gasteiger partial charge in [0.15, 0.2) is 0 Å². The van der Waals surface area contributed by atoms with Gasteiger partial charge in [-0.15, -0.1) is 0 Å². The molecule has 1 heterocycles. The number of anilines is 2. The summed E-state index contributed by atoms with van der Waals surface area (Å²) >= 11 is 0. The average molecular weight is 236 g/mol. The summed E-state index contributed by atoms with van der Waals surface area (Å²) in [5.74, 6) is 7.48. The third kappa shape index (κ3) is 3.28. The zero-order valence-electron chi connectivity index (χ0n) is 9.44. The molecular formula is C10H16N6O. The number of aromatic nitrogens is 2. The minimum Gasteiger partial charge on any atom is -0.370 e. The zero-order valence-corrected chi connectivity index (χ0v) is 9.44. The molecule has 6 N–H and O–H groups in total. The molecule has 0 radical (unpaired) electrons. The van der Waals surface area contributed by atoms with Crippen molar-refractivity contribution in [2.75, 3.05) is 17.3 Å². The van der Waals surface area contributed by atoms with Gasteiger partial charge in [0.1, 0.15) is 17.5 Å². The summed E-state index contributed by atoms with van der Waals surface area (Å²) in [4.78, 5) is 19.3. The van der Waals surface area contributed by atoms with Crippen LogP contribution in [0.25, 0.3) is 0 Å². The first-order valence-electron chi connectivity index (χ1n) is 5.57. The highest BCUT2D eigenvalue weighted by Gasteiger charge is 2.27. The molecule has 0 aliphatic heterocycles. The Labute approximate surface area is 99.0 Å². The van der Waals surface area contributed by atoms with E-state index in [0.29, 0.717) is 24.1 Å². The van der Waals surface area contributed by atoms with Crippen molar-refractivity contribution in [2.45, 2.75) is 25.2 Å². The number of hydrazine groups is 1. The van der Waals surface area contributed by atoms with E-state index in [2.05, 4.69) is 20.7 Å². The van der Waals surface area contributed by atoms with Crippen LogP contribution < -0.4 is 22.3 Å². The number of carbonyl (C=O) groups excluding carboxylic acids is 1. The van der Waals surface area contributed by atoms with Crippen LogP contribution in [0, 0.1) is 0 Å². The molecule has 1 fully saturated rings. The molecular weight excluding hydrogens is 220 g/mol. The van der Waals surface area contributed by atoms with Crippen molar-refractivity contribution in [3.05, 3.63) is 11.9 Å². The van der Waals surface area contributed by atoms with Gasteiger partial charge in [-0.1, -0.05) is 0 Å². The Kier molecular flexibility index (Phi) is 3.38. The van der Waals surface area contributed by atoms with Gasteiger partial charge in [0, 0.05) is 24.9 Å². The summed E-state index contributed by atoms with van der Waals surface area (Å²) in [6, 6.07) is 1.70. The van der Waals surface area contributed by atoms with Crippen molar-refractivity contribution >= 4 is 17.5 Å². The van der Waals surface area contributed by atoms with E-state index in [1.807, 2.05) is 0 Å². The predicted octanol–water partition coefficient (Wildman–Crippen LogP) is -0.0731. The molecule has 1 aromatic rings. The van der Waals surface area contributed by atoms with E-state index in [-0.39, 0.29) is 12.3 Å². The lowest BCUT2D eigenvalue weighted by molar-refractivity contribution is -0.117. The van der Waals surface area contributed by atoms with Crippen molar-refractivity contribution in [2.24, 2.45) is 11.6 Å². The Morgan fingerprint density at radius 1 is 1.41 bits per heavy atom. The Morgan fingerprint density at radius 2 is 2.12 bits per heavy atom. The highest BCUT2D eigenvalue weighted by atomic mass is 16.1. The standard InChI is InChI=1S/C10H16N6O/c11-7(17)3-4-13-8-5-9(16-12)15-10(14-8)6-1-2-6/h5-6H,1-4,12H2,(H2,11,17)(H2,13,14,15,16). The maximum absolute atomic E-state index is 10.6. The molecule has 2 rings (SSSR count). The third-order valence-electron chi connectivity index (χ3n) is 2.51. The Hall–Kier alpha value is -1.89. The summed E-state index contributed by atoms with van der Waals surface area (Å²) in [5.41, 5.74) is 7.56. The molecule has 0 bridgehead atoms. The Morgan fingerprint density at radius 3 is 2.71 bits per heavy atom. The van der Waals surface area contributed by atoms with Crippen molar-refractivity contribution in [1.29, 1.82) is 0 Å². The maximum Gasteiger partial charge on any atom is 0.219 e. The molecule has 0 unspecified atom stereocenters.